The summed E-state index contributed by atoms with van der Waals surface area (Å²) in [6.45, 7) is 1.82. The predicted octanol–water partition coefficient (Wildman–Crippen LogP) is 3.78. The highest BCUT2D eigenvalue weighted by Crippen LogP contribution is 2.23. The van der Waals surface area contributed by atoms with Crippen molar-refractivity contribution in [1.29, 1.82) is 0 Å². The van der Waals surface area contributed by atoms with E-state index in [-0.39, 0.29) is 11.9 Å². The average molecular weight is 347 g/mol. The number of imidazole rings is 1. The SMILES string of the molecule is C[C@H](C(=O)Nc1ncc(Cc2cccc(Cl)c2)s1)n1ccnc1. The van der Waals surface area contributed by atoms with E-state index in [9.17, 15) is 4.79 Å². The third kappa shape index (κ3) is 3.97. The van der Waals surface area contributed by atoms with E-state index < -0.39 is 0 Å². The normalized spacial score (nSPS) is 12.1. The molecule has 23 heavy (non-hydrogen) atoms. The molecule has 0 aliphatic heterocycles. The lowest BCUT2D eigenvalue weighted by atomic mass is 10.1. The maximum atomic E-state index is 12.2. The molecule has 0 radical (unpaired) electrons. The summed E-state index contributed by atoms with van der Waals surface area (Å²) < 4.78 is 1.75. The molecule has 0 saturated heterocycles. The second-order valence-corrected chi connectivity index (χ2v) is 6.67. The van der Waals surface area contributed by atoms with Crippen molar-refractivity contribution in [3.63, 3.8) is 0 Å². The first kappa shape index (κ1) is 15.7. The van der Waals surface area contributed by atoms with E-state index in [1.165, 1.54) is 11.3 Å². The van der Waals surface area contributed by atoms with E-state index in [2.05, 4.69) is 15.3 Å². The van der Waals surface area contributed by atoms with E-state index in [1.807, 2.05) is 31.2 Å². The van der Waals surface area contributed by atoms with Gasteiger partial charge in [0.05, 0.1) is 6.33 Å². The van der Waals surface area contributed by atoms with E-state index in [1.54, 1.807) is 29.5 Å². The van der Waals surface area contributed by atoms with Crippen LogP contribution in [0.3, 0.4) is 0 Å². The van der Waals surface area contributed by atoms with Crippen LogP contribution in [0.25, 0.3) is 0 Å². The quantitative estimate of drug-likeness (QED) is 0.764. The van der Waals surface area contributed by atoms with Crippen LogP contribution in [0, 0.1) is 0 Å². The molecule has 1 amide bonds. The van der Waals surface area contributed by atoms with Crippen LogP contribution >= 0.6 is 22.9 Å². The Hall–Kier alpha value is -2.18. The van der Waals surface area contributed by atoms with Gasteiger partial charge in [0.25, 0.3) is 0 Å². The largest absolute Gasteiger partial charge is 0.325 e. The van der Waals surface area contributed by atoms with Crippen molar-refractivity contribution >= 4 is 34.0 Å². The fourth-order valence-electron chi connectivity index (χ4n) is 2.14. The molecule has 5 nitrogen and oxygen atoms in total. The molecule has 7 heteroatoms. The second kappa shape index (κ2) is 6.93. The smallest absolute Gasteiger partial charge is 0.248 e. The number of aromatic nitrogens is 3. The maximum absolute atomic E-state index is 12.2. The third-order valence-electron chi connectivity index (χ3n) is 3.40. The number of benzene rings is 1. The number of nitrogens with one attached hydrogen (secondary N) is 1. The molecule has 0 fully saturated rings. The Labute approximate surface area is 143 Å². The number of carbonyl (C=O) groups excluding carboxylic acids is 1. The van der Waals surface area contributed by atoms with Gasteiger partial charge >= 0.3 is 0 Å². The summed E-state index contributed by atoms with van der Waals surface area (Å²) in [6.07, 6.45) is 7.55. The number of hydrogen-bond acceptors (Lipinski definition) is 4. The molecule has 0 aliphatic rings. The van der Waals surface area contributed by atoms with Gasteiger partial charge in [-0.1, -0.05) is 23.7 Å². The molecule has 2 aromatic heterocycles. The summed E-state index contributed by atoms with van der Waals surface area (Å²) >= 11 is 7.46. The third-order valence-corrected chi connectivity index (χ3v) is 4.55. The number of hydrogen-bond donors (Lipinski definition) is 1. The molecule has 0 unspecified atom stereocenters. The van der Waals surface area contributed by atoms with Gasteiger partial charge in [-0.2, -0.15) is 0 Å². The minimum atomic E-state index is -0.335. The maximum Gasteiger partial charge on any atom is 0.248 e. The zero-order chi connectivity index (χ0) is 16.2. The molecule has 2 heterocycles. The lowest BCUT2D eigenvalue weighted by Gasteiger charge is -2.11. The van der Waals surface area contributed by atoms with Gasteiger partial charge in [0.15, 0.2) is 5.13 Å². The summed E-state index contributed by atoms with van der Waals surface area (Å²) in [5.74, 6) is -0.119. The van der Waals surface area contributed by atoms with Gasteiger partial charge in [-0.15, -0.1) is 11.3 Å². The highest BCUT2D eigenvalue weighted by atomic mass is 35.5. The Morgan fingerprint density at radius 2 is 2.35 bits per heavy atom. The standard InChI is InChI=1S/C16H15ClN4OS/c1-11(21-6-5-18-10-21)15(22)20-16-19-9-14(23-16)8-12-3-2-4-13(17)7-12/h2-7,9-11H,8H2,1H3,(H,19,20,22)/t11-/m1/s1. The highest BCUT2D eigenvalue weighted by Gasteiger charge is 2.15. The minimum Gasteiger partial charge on any atom is -0.325 e. The Morgan fingerprint density at radius 3 is 3.09 bits per heavy atom. The number of rotatable bonds is 5. The van der Waals surface area contributed by atoms with Crippen LogP contribution in [0.4, 0.5) is 5.13 Å². The van der Waals surface area contributed by atoms with Crippen molar-refractivity contribution in [1.82, 2.24) is 14.5 Å². The molecule has 0 bridgehead atoms. The average Bonchev–Trinajstić information content (AvgIpc) is 3.18. The number of carbonyl (C=O) groups is 1. The summed E-state index contributed by atoms with van der Waals surface area (Å²) in [4.78, 5) is 21.5. The van der Waals surface area contributed by atoms with Gasteiger partial charge < -0.3 is 9.88 Å². The van der Waals surface area contributed by atoms with Crippen LogP contribution < -0.4 is 5.32 Å². The summed E-state index contributed by atoms with van der Waals surface area (Å²) in [6, 6.07) is 7.39. The molecule has 0 aliphatic carbocycles. The van der Waals surface area contributed by atoms with E-state index in [0.717, 1.165) is 21.9 Å². The molecule has 1 N–H and O–H groups in total. The second-order valence-electron chi connectivity index (χ2n) is 5.11. The van der Waals surface area contributed by atoms with E-state index in [4.69, 9.17) is 11.6 Å². The van der Waals surface area contributed by atoms with E-state index >= 15 is 0 Å². The topological polar surface area (TPSA) is 59.8 Å². The Morgan fingerprint density at radius 1 is 1.48 bits per heavy atom. The lowest BCUT2D eigenvalue weighted by Crippen LogP contribution is -2.22. The zero-order valence-corrected chi connectivity index (χ0v) is 14.0. The first-order valence-electron chi connectivity index (χ1n) is 7.09. The van der Waals surface area contributed by atoms with Crippen molar-refractivity contribution in [3.05, 3.63) is 64.6 Å². The van der Waals surface area contributed by atoms with Gasteiger partial charge in [0, 0.05) is 34.9 Å². The fourth-order valence-corrected chi connectivity index (χ4v) is 3.20. The molecule has 118 valence electrons. The number of anilines is 1. The van der Waals surface area contributed by atoms with Gasteiger partial charge in [0.1, 0.15) is 6.04 Å². The van der Waals surface area contributed by atoms with Gasteiger partial charge in [-0.05, 0) is 24.6 Å². The summed E-state index contributed by atoms with van der Waals surface area (Å²) in [5, 5.41) is 4.15. The Bertz CT molecular complexity index is 800. The molecule has 1 aromatic carbocycles. The molecular weight excluding hydrogens is 332 g/mol. The summed E-state index contributed by atoms with van der Waals surface area (Å²) in [7, 11) is 0. The Kier molecular flexibility index (Phi) is 4.73. The van der Waals surface area contributed by atoms with Crippen LogP contribution in [-0.4, -0.2) is 20.4 Å². The van der Waals surface area contributed by atoms with Crippen molar-refractivity contribution in [2.24, 2.45) is 0 Å². The molecule has 0 saturated carbocycles. The van der Waals surface area contributed by atoms with Crippen LogP contribution in [0.15, 0.2) is 49.2 Å². The fraction of sp³-hybridized carbons (Fsp3) is 0.188. The Balaban J connectivity index is 1.64. The summed E-state index contributed by atoms with van der Waals surface area (Å²) in [5.41, 5.74) is 1.12. The van der Waals surface area contributed by atoms with Crippen molar-refractivity contribution < 1.29 is 4.79 Å². The molecule has 3 rings (SSSR count). The van der Waals surface area contributed by atoms with Gasteiger partial charge in [0.2, 0.25) is 5.91 Å². The monoisotopic (exact) mass is 346 g/mol. The highest BCUT2D eigenvalue weighted by molar-refractivity contribution is 7.15. The number of nitrogens with zero attached hydrogens (tertiary/aromatic N) is 3. The number of amides is 1. The molecule has 1 atom stereocenters. The first-order chi connectivity index (χ1) is 11.1. The van der Waals surface area contributed by atoms with Crippen LogP contribution in [0.5, 0.6) is 0 Å². The van der Waals surface area contributed by atoms with Crippen molar-refractivity contribution in [2.75, 3.05) is 5.32 Å². The van der Waals surface area contributed by atoms with E-state index in [0.29, 0.717) is 5.13 Å². The lowest BCUT2D eigenvalue weighted by molar-refractivity contribution is -0.118. The molecule has 0 spiro atoms. The number of halogens is 1. The minimum absolute atomic E-state index is 0.119. The first-order valence-corrected chi connectivity index (χ1v) is 8.29. The van der Waals surface area contributed by atoms with Crippen LogP contribution in [-0.2, 0) is 11.2 Å². The van der Waals surface area contributed by atoms with Gasteiger partial charge in [-0.25, -0.2) is 9.97 Å². The van der Waals surface area contributed by atoms with Crippen LogP contribution in [0.1, 0.15) is 23.4 Å². The van der Waals surface area contributed by atoms with Crippen molar-refractivity contribution in [2.45, 2.75) is 19.4 Å². The van der Waals surface area contributed by atoms with Crippen LogP contribution in [0.2, 0.25) is 5.02 Å². The molecule has 3 aromatic rings. The van der Waals surface area contributed by atoms with Gasteiger partial charge in [-0.3, -0.25) is 4.79 Å². The number of thiazole rings is 1. The zero-order valence-electron chi connectivity index (χ0n) is 12.4. The molecular formula is C16H15ClN4OS. The predicted molar refractivity (Wildman–Crippen MR) is 91.9 cm³/mol. The van der Waals surface area contributed by atoms with Crippen molar-refractivity contribution in [3.8, 4) is 0 Å².